The minimum Gasteiger partial charge on any atom is -0.288 e. The number of carbonyl (C=O) groups excluding carboxylic acids is 1. The van der Waals surface area contributed by atoms with Crippen LogP contribution in [0.2, 0.25) is 0 Å². The third kappa shape index (κ3) is 5.13. The molecule has 0 radical (unpaired) electrons. The summed E-state index contributed by atoms with van der Waals surface area (Å²) in [7, 11) is -2.04. The van der Waals surface area contributed by atoms with Crippen LogP contribution < -0.4 is 5.48 Å². The molecule has 0 spiro atoms. The monoisotopic (exact) mass is 372 g/mol. The number of amides is 1. The summed E-state index contributed by atoms with van der Waals surface area (Å²) in [5.41, 5.74) is 3.16. The first kappa shape index (κ1) is 19.6. The zero-order chi connectivity index (χ0) is 19.0. The third-order valence-electron chi connectivity index (χ3n) is 3.64. The van der Waals surface area contributed by atoms with Gasteiger partial charge in [-0.3, -0.25) is 10.0 Å². The number of rotatable bonds is 7. The van der Waals surface area contributed by atoms with Gasteiger partial charge in [-0.25, -0.2) is 13.9 Å². The fourth-order valence-electron chi connectivity index (χ4n) is 2.28. The summed E-state index contributed by atoms with van der Waals surface area (Å²) in [6, 6.07) is 15.7. The molecule has 136 valence electrons. The maximum absolute atomic E-state index is 12.6. The molecule has 0 aliphatic carbocycles. The Labute approximate surface area is 153 Å². The minimum atomic E-state index is -3.58. The molecule has 0 fully saturated rings. The molecule has 0 saturated heterocycles. The molecular formula is C19H20N2O4S. The molecule has 0 heterocycles. The maximum atomic E-state index is 12.6. The van der Waals surface area contributed by atoms with E-state index in [2.05, 4.69) is 0 Å². The molecule has 0 aliphatic rings. The van der Waals surface area contributed by atoms with E-state index in [-0.39, 0.29) is 11.4 Å². The van der Waals surface area contributed by atoms with Crippen molar-refractivity contribution in [2.75, 3.05) is 7.05 Å². The average molecular weight is 372 g/mol. The van der Waals surface area contributed by atoms with E-state index < -0.39 is 15.9 Å². The number of hydrogen-bond donors (Lipinski definition) is 2. The van der Waals surface area contributed by atoms with Gasteiger partial charge in [-0.15, -0.1) is 0 Å². The fraction of sp³-hybridized carbons (Fsp3) is 0.105. The summed E-state index contributed by atoms with van der Waals surface area (Å²) in [6.07, 6.45) is 6.05. The lowest BCUT2D eigenvalue weighted by Crippen LogP contribution is -2.26. The number of carbonyl (C=O) groups is 1. The molecule has 7 heteroatoms. The molecule has 0 bridgehead atoms. The predicted octanol–water partition coefficient (Wildman–Crippen LogP) is 2.58. The van der Waals surface area contributed by atoms with Crippen LogP contribution in [0.5, 0.6) is 0 Å². The van der Waals surface area contributed by atoms with Crippen LogP contribution in [-0.4, -0.2) is 30.9 Å². The summed E-state index contributed by atoms with van der Waals surface area (Å²) in [4.78, 5) is 11.2. The van der Waals surface area contributed by atoms with Gasteiger partial charge in [0.15, 0.2) is 0 Å². The number of nitrogens with zero attached hydrogens (tertiary/aromatic N) is 1. The molecule has 26 heavy (non-hydrogen) atoms. The fourth-order valence-corrected chi connectivity index (χ4v) is 3.45. The standard InChI is InChI=1S/C19H20N2O4S/c1-21(26(24,25)18-12-3-2-4-13-18)15-17-11-6-5-9-16(17)10-7-8-14-19(22)20-23/h2-14,23H,15H2,1H3,(H,20,22)/b10-7+,14-8+. The third-order valence-corrected chi connectivity index (χ3v) is 5.46. The van der Waals surface area contributed by atoms with Crippen molar-refractivity contribution >= 4 is 22.0 Å². The first-order chi connectivity index (χ1) is 12.4. The minimum absolute atomic E-state index is 0.207. The first-order valence-corrected chi connectivity index (χ1v) is 9.27. The Morgan fingerprint density at radius 1 is 1.08 bits per heavy atom. The van der Waals surface area contributed by atoms with E-state index >= 15 is 0 Å². The van der Waals surface area contributed by atoms with E-state index in [0.717, 1.165) is 11.1 Å². The number of nitrogens with one attached hydrogen (secondary N) is 1. The van der Waals surface area contributed by atoms with Crippen molar-refractivity contribution in [2.24, 2.45) is 0 Å². The Kier molecular flexibility index (Phi) is 6.85. The van der Waals surface area contributed by atoms with E-state index in [1.807, 2.05) is 24.3 Å². The van der Waals surface area contributed by atoms with Gasteiger partial charge in [0.1, 0.15) is 0 Å². The van der Waals surface area contributed by atoms with E-state index in [4.69, 9.17) is 5.21 Å². The highest BCUT2D eigenvalue weighted by atomic mass is 32.2. The van der Waals surface area contributed by atoms with Crippen LogP contribution in [0.1, 0.15) is 11.1 Å². The number of benzene rings is 2. The van der Waals surface area contributed by atoms with Gasteiger partial charge in [-0.05, 0) is 23.3 Å². The van der Waals surface area contributed by atoms with Crippen LogP contribution in [-0.2, 0) is 21.4 Å². The maximum Gasteiger partial charge on any atom is 0.267 e. The highest BCUT2D eigenvalue weighted by molar-refractivity contribution is 7.89. The highest BCUT2D eigenvalue weighted by Gasteiger charge is 2.20. The Bertz CT molecular complexity index is 906. The van der Waals surface area contributed by atoms with Crippen molar-refractivity contribution < 1.29 is 18.4 Å². The molecule has 2 aromatic carbocycles. The molecule has 2 aromatic rings. The zero-order valence-electron chi connectivity index (χ0n) is 14.2. The van der Waals surface area contributed by atoms with Gasteiger partial charge in [-0.2, -0.15) is 4.31 Å². The number of allylic oxidation sites excluding steroid dienone is 2. The molecule has 1 amide bonds. The Hall–Kier alpha value is -2.74. The zero-order valence-corrected chi connectivity index (χ0v) is 15.1. The van der Waals surface area contributed by atoms with Crippen molar-refractivity contribution in [3.63, 3.8) is 0 Å². The normalized spacial score (nSPS) is 12.1. The van der Waals surface area contributed by atoms with Crippen molar-refractivity contribution in [1.82, 2.24) is 9.79 Å². The quantitative estimate of drug-likeness (QED) is 0.338. The molecule has 0 saturated carbocycles. The lowest BCUT2D eigenvalue weighted by molar-refractivity contribution is -0.124. The Morgan fingerprint density at radius 3 is 2.42 bits per heavy atom. The van der Waals surface area contributed by atoms with Crippen LogP contribution in [0.3, 0.4) is 0 Å². The predicted molar refractivity (Wildman–Crippen MR) is 99.6 cm³/mol. The summed E-state index contributed by atoms with van der Waals surface area (Å²) in [5, 5.41) is 8.43. The van der Waals surface area contributed by atoms with E-state index in [1.165, 1.54) is 29.0 Å². The highest BCUT2D eigenvalue weighted by Crippen LogP contribution is 2.19. The molecule has 2 rings (SSSR count). The SMILES string of the molecule is CN(Cc1ccccc1/C=C/C=C/C(=O)NO)S(=O)(=O)c1ccccc1. The second-order valence-corrected chi connectivity index (χ2v) is 7.51. The summed E-state index contributed by atoms with van der Waals surface area (Å²) in [5.74, 6) is -0.628. The van der Waals surface area contributed by atoms with Gasteiger partial charge >= 0.3 is 0 Å². The summed E-state index contributed by atoms with van der Waals surface area (Å²) >= 11 is 0. The van der Waals surface area contributed by atoms with Crippen molar-refractivity contribution in [2.45, 2.75) is 11.4 Å². The summed E-state index contributed by atoms with van der Waals surface area (Å²) < 4.78 is 26.6. The van der Waals surface area contributed by atoms with Crippen LogP contribution in [0.15, 0.2) is 77.7 Å². The molecule has 6 nitrogen and oxygen atoms in total. The van der Waals surface area contributed by atoms with Gasteiger partial charge in [0.05, 0.1) is 4.90 Å². The molecule has 2 N–H and O–H groups in total. The molecule has 0 atom stereocenters. The second kappa shape index (κ2) is 9.10. The smallest absolute Gasteiger partial charge is 0.267 e. The second-order valence-electron chi connectivity index (χ2n) is 5.47. The van der Waals surface area contributed by atoms with E-state index in [9.17, 15) is 13.2 Å². The molecule has 0 unspecified atom stereocenters. The van der Waals surface area contributed by atoms with Gasteiger partial charge in [0, 0.05) is 19.7 Å². The van der Waals surface area contributed by atoms with Crippen molar-refractivity contribution in [1.29, 1.82) is 0 Å². The average Bonchev–Trinajstić information content (AvgIpc) is 2.66. The van der Waals surface area contributed by atoms with Gasteiger partial charge in [0.25, 0.3) is 5.91 Å². The lowest BCUT2D eigenvalue weighted by Gasteiger charge is -2.18. The first-order valence-electron chi connectivity index (χ1n) is 7.83. The van der Waals surface area contributed by atoms with Gasteiger partial charge in [0.2, 0.25) is 10.0 Å². The largest absolute Gasteiger partial charge is 0.288 e. The Balaban J connectivity index is 2.18. The van der Waals surface area contributed by atoms with E-state index in [1.54, 1.807) is 42.5 Å². The van der Waals surface area contributed by atoms with Crippen molar-refractivity contribution in [3.05, 3.63) is 84.0 Å². The van der Waals surface area contributed by atoms with Crippen LogP contribution in [0, 0.1) is 0 Å². The van der Waals surface area contributed by atoms with Crippen LogP contribution >= 0.6 is 0 Å². The number of hydrogen-bond acceptors (Lipinski definition) is 4. The lowest BCUT2D eigenvalue weighted by atomic mass is 10.1. The van der Waals surface area contributed by atoms with Crippen LogP contribution in [0.4, 0.5) is 0 Å². The number of sulfonamides is 1. The molecule has 0 aliphatic heterocycles. The topological polar surface area (TPSA) is 86.7 Å². The Morgan fingerprint density at radius 2 is 1.73 bits per heavy atom. The van der Waals surface area contributed by atoms with Crippen LogP contribution in [0.25, 0.3) is 6.08 Å². The molecule has 0 aromatic heterocycles. The number of hydroxylamine groups is 1. The van der Waals surface area contributed by atoms with Gasteiger partial charge in [-0.1, -0.05) is 60.7 Å². The summed E-state index contributed by atoms with van der Waals surface area (Å²) in [6.45, 7) is 0.207. The molecular weight excluding hydrogens is 352 g/mol. The van der Waals surface area contributed by atoms with E-state index in [0.29, 0.717) is 0 Å². The van der Waals surface area contributed by atoms with Crippen molar-refractivity contribution in [3.8, 4) is 0 Å². The van der Waals surface area contributed by atoms with Gasteiger partial charge < -0.3 is 0 Å².